The number of hydrogen-bond donors (Lipinski definition) is 1. The van der Waals surface area contributed by atoms with E-state index in [9.17, 15) is 18.4 Å². The highest BCUT2D eigenvalue weighted by atomic mass is 19.3. The molecular weight excluding hydrogens is 580 g/mol. The second-order valence-electron chi connectivity index (χ2n) is 12.0. The Morgan fingerprint density at radius 3 is 2.76 bits per heavy atom. The fourth-order valence-electron chi connectivity index (χ4n) is 6.67. The number of halogens is 2. The molecule has 4 heterocycles. The van der Waals surface area contributed by atoms with E-state index in [-0.39, 0.29) is 30.0 Å². The second kappa shape index (κ2) is 11.4. The van der Waals surface area contributed by atoms with Gasteiger partial charge in [-0.1, -0.05) is 25.1 Å². The molecule has 2 aromatic carbocycles. The van der Waals surface area contributed by atoms with Crippen LogP contribution < -0.4 is 20.5 Å². The minimum atomic E-state index is -2.38. The maximum absolute atomic E-state index is 13.6. The summed E-state index contributed by atoms with van der Waals surface area (Å²) in [5.41, 5.74) is 4.44. The number of carbonyl (C=O) groups excluding carboxylic acids is 1. The lowest BCUT2D eigenvalue weighted by molar-refractivity contribution is -0.121. The summed E-state index contributed by atoms with van der Waals surface area (Å²) in [5, 5.41) is 3.63. The van der Waals surface area contributed by atoms with Crippen LogP contribution in [0.5, 0.6) is 5.75 Å². The van der Waals surface area contributed by atoms with Gasteiger partial charge in [-0.15, -0.1) is 0 Å². The number of amides is 1. The lowest BCUT2D eigenvalue weighted by Crippen LogP contribution is -2.40. The van der Waals surface area contributed by atoms with Crippen molar-refractivity contribution in [3.8, 4) is 11.4 Å². The molecule has 0 bridgehead atoms. The number of nitrogens with zero attached hydrogens (tertiary/aromatic N) is 6. The molecule has 10 nitrogen and oxygen atoms in total. The Labute approximate surface area is 258 Å². The number of hydrogen-bond acceptors (Lipinski definition) is 7. The van der Waals surface area contributed by atoms with Crippen molar-refractivity contribution in [3.05, 3.63) is 76.2 Å². The molecule has 1 amide bonds. The van der Waals surface area contributed by atoms with Crippen molar-refractivity contribution in [2.75, 3.05) is 36.5 Å². The van der Waals surface area contributed by atoms with Crippen molar-refractivity contribution in [1.82, 2.24) is 24.2 Å². The molecule has 2 aliphatic heterocycles. The summed E-state index contributed by atoms with van der Waals surface area (Å²) in [4.78, 5) is 39.1. The Balaban J connectivity index is 1.28. The Kier molecular flexibility index (Phi) is 7.39. The number of rotatable bonds is 9. The Morgan fingerprint density at radius 1 is 1.16 bits per heavy atom. The van der Waals surface area contributed by atoms with Crippen molar-refractivity contribution in [3.63, 3.8) is 0 Å². The normalized spacial score (nSPS) is 17.3. The molecule has 4 aromatic rings. The smallest absolute Gasteiger partial charge is 0.278 e. The number of benzene rings is 2. The van der Waals surface area contributed by atoms with Gasteiger partial charge in [0, 0.05) is 36.9 Å². The van der Waals surface area contributed by atoms with Gasteiger partial charge in [0.1, 0.15) is 11.1 Å². The van der Waals surface area contributed by atoms with Gasteiger partial charge in [0.05, 0.1) is 24.5 Å². The first-order valence-corrected chi connectivity index (χ1v) is 15.4. The highest BCUT2D eigenvalue weighted by molar-refractivity contribution is 5.98. The van der Waals surface area contributed by atoms with Crippen molar-refractivity contribution >= 4 is 34.3 Å². The minimum absolute atomic E-state index is 0.0129. The van der Waals surface area contributed by atoms with Crippen LogP contribution in [0, 0.1) is 0 Å². The topological polar surface area (TPSA) is 97.5 Å². The van der Waals surface area contributed by atoms with Gasteiger partial charge < -0.3 is 15.0 Å². The van der Waals surface area contributed by atoms with Crippen LogP contribution in [0.15, 0.2) is 59.5 Å². The largest absolute Gasteiger partial charge is 0.482 e. The molecule has 1 spiro atoms. The van der Waals surface area contributed by atoms with Gasteiger partial charge in [-0.25, -0.2) is 23.1 Å². The summed E-state index contributed by atoms with van der Waals surface area (Å²) >= 11 is 0. The van der Waals surface area contributed by atoms with E-state index < -0.39 is 6.43 Å². The van der Waals surface area contributed by atoms with E-state index in [0.29, 0.717) is 60.3 Å². The zero-order chi connectivity index (χ0) is 31.3. The number of anilines is 3. The fraction of sp³-hybridized carbons (Fsp3) is 0.394. The molecule has 1 fully saturated rings. The summed E-state index contributed by atoms with van der Waals surface area (Å²) < 4.78 is 35.5. The number of nitrogens with one attached hydrogen (secondary N) is 1. The predicted molar refractivity (Wildman–Crippen MR) is 168 cm³/mol. The highest BCUT2D eigenvalue weighted by Gasteiger charge is 2.49. The van der Waals surface area contributed by atoms with Crippen molar-refractivity contribution in [2.45, 2.75) is 58.0 Å². The van der Waals surface area contributed by atoms with E-state index in [4.69, 9.17) is 9.72 Å². The lowest BCUT2D eigenvalue weighted by Gasteiger charge is -2.35. The summed E-state index contributed by atoms with van der Waals surface area (Å²) in [5.74, 6) is 0.786. The molecule has 12 heteroatoms. The summed E-state index contributed by atoms with van der Waals surface area (Å²) in [7, 11) is 0. The highest BCUT2D eigenvalue weighted by Crippen LogP contribution is 2.52. The molecule has 45 heavy (non-hydrogen) atoms. The van der Waals surface area contributed by atoms with E-state index >= 15 is 0 Å². The monoisotopic (exact) mass is 615 g/mol. The SMILES string of the molecule is C/C=C\Cn1c(=O)c2cnc(Nc3ccc4c(c3)CN(CC(F)F)CC43CC3)nc2n1-c1ccc2c(c1)N(CCC)C(=O)CO2. The summed E-state index contributed by atoms with van der Waals surface area (Å²) in [6, 6.07) is 11.6. The van der Waals surface area contributed by atoms with Gasteiger partial charge in [-0.3, -0.25) is 14.5 Å². The zero-order valence-electron chi connectivity index (χ0n) is 25.3. The molecule has 234 valence electrons. The quantitative estimate of drug-likeness (QED) is 0.260. The average Bonchev–Trinajstić information content (AvgIpc) is 3.72. The van der Waals surface area contributed by atoms with Crippen LogP contribution in [-0.2, 0) is 23.3 Å². The number of ether oxygens (including phenoxy) is 1. The molecule has 0 unspecified atom stereocenters. The van der Waals surface area contributed by atoms with Crippen LogP contribution in [-0.4, -0.2) is 62.8 Å². The molecule has 1 saturated carbocycles. The van der Waals surface area contributed by atoms with Crippen molar-refractivity contribution in [1.29, 1.82) is 0 Å². The van der Waals surface area contributed by atoms with Crippen LogP contribution in [0.3, 0.4) is 0 Å². The van der Waals surface area contributed by atoms with Gasteiger partial charge in [-0.2, -0.15) is 4.98 Å². The molecule has 0 atom stereocenters. The first-order chi connectivity index (χ1) is 21.8. The number of allylic oxidation sites excluding steroid dienone is 2. The van der Waals surface area contributed by atoms with Crippen molar-refractivity contribution in [2.24, 2.45) is 0 Å². The number of aromatic nitrogens is 4. The molecular formula is C33H35F2N7O3. The average molecular weight is 616 g/mol. The van der Waals surface area contributed by atoms with Crippen LogP contribution in [0.4, 0.5) is 26.1 Å². The van der Waals surface area contributed by atoms with Gasteiger partial charge in [0.15, 0.2) is 12.3 Å². The molecule has 3 aliphatic rings. The van der Waals surface area contributed by atoms with Crippen LogP contribution in [0.2, 0.25) is 0 Å². The van der Waals surface area contributed by atoms with Crippen LogP contribution in [0.1, 0.15) is 44.2 Å². The molecule has 7 rings (SSSR count). The second-order valence-corrected chi connectivity index (χ2v) is 12.0. The molecule has 1 N–H and O–H groups in total. The summed E-state index contributed by atoms with van der Waals surface area (Å²) in [6.45, 7) is 5.64. The zero-order valence-corrected chi connectivity index (χ0v) is 25.3. The first-order valence-electron chi connectivity index (χ1n) is 15.4. The number of carbonyl (C=O) groups is 1. The Bertz CT molecular complexity index is 1880. The Hall–Kier alpha value is -4.58. The van der Waals surface area contributed by atoms with Crippen LogP contribution in [0.25, 0.3) is 16.7 Å². The van der Waals surface area contributed by atoms with Gasteiger partial charge >= 0.3 is 0 Å². The van der Waals surface area contributed by atoms with E-state index in [1.807, 2.05) is 61.2 Å². The minimum Gasteiger partial charge on any atom is -0.482 e. The van der Waals surface area contributed by atoms with Gasteiger partial charge in [-0.05, 0) is 67.6 Å². The number of alkyl halides is 2. The Morgan fingerprint density at radius 2 is 2.00 bits per heavy atom. The van der Waals surface area contributed by atoms with Crippen LogP contribution >= 0.6 is 0 Å². The molecule has 2 aromatic heterocycles. The molecule has 0 saturated heterocycles. The maximum atomic E-state index is 13.6. The van der Waals surface area contributed by atoms with Gasteiger partial charge in [0.2, 0.25) is 5.95 Å². The van der Waals surface area contributed by atoms with E-state index in [2.05, 4.69) is 16.4 Å². The van der Waals surface area contributed by atoms with E-state index in [1.54, 1.807) is 14.3 Å². The molecule has 1 aliphatic carbocycles. The maximum Gasteiger partial charge on any atom is 0.278 e. The van der Waals surface area contributed by atoms with E-state index in [0.717, 1.165) is 30.5 Å². The third-order valence-corrected chi connectivity index (χ3v) is 8.87. The lowest BCUT2D eigenvalue weighted by atomic mass is 9.86. The summed E-state index contributed by atoms with van der Waals surface area (Å²) in [6.07, 6.45) is 5.70. The van der Waals surface area contributed by atoms with E-state index in [1.165, 1.54) is 11.8 Å². The first kappa shape index (κ1) is 29.1. The van der Waals surface area contributed by atoms with Gasteiger partial charge in [0.25, 0.3) is 17.9 Å². The standard InChI is InChI=1S/C33H35F2N7O3/c1-3-5-13-41-31(44)24-16-36-32(37-22-6-8-25-21(14-22)17-39(18-28(34)35)20-33(25)10-11-33)38-30(24)42(41)23-7-9-27-26(15-23)40(12-4-2)29(43)19-45-27/h3,5-9,14-16,28H,4,10-13,17-20H2,1-2H3,(H,36,37,38)/b5-3-. The predicted octanol–water partition coefficient (Wildman–Crippen LogP) is 5.15. The third kappa shape index (κ3) is 5.26. The third-order valence-electron chi connectivity index (χ3n) is 8.87. The molecule has 0 radical (unpaired) electrons. The van der Waals surface area contributed by atoms with Crippen molar-refractivity contribution < 1.29 is 18.3 Å². The number of fused-ring (bicyclic) bond motifs is 4. The fourth-order valence-corrected chi connectivity index (χ4v) is 6.67.